The van der Waals surface area contributed by atoms with Gasteiger partial charge in [0.15, 0.2) is 0 Å². The van der Waals surface area contributed by atoms with E-state index in [-0.39, 0.29) is 0 Å². The van der Waals surface area contributed by atoms with E-state index in [1.54, 1.807) is 0 Å². The second-order valence-electron chi connectivity index (χ2n) is 10.9. The molecular formula is C33H45O3P. The fraction of sp³-hybridized carbons (Fsp3) is 0.455. The van der Waals surface area contributed by atoms with Gasteiger partial charge in [0.2, 0.25) is 0 Å². The van der Waals surface area contributed by atoms with Crippen molar-refractivity contribution in [3.63, 3.8) is 0 Å². The fourth-order valence-electron chi connectivity index (χ4n) is 5.09. The molecule has 3 aromatic carbocycles. The first-order valence-electron chi connectivity index (χ1n) is 13.2. The first-order valence-corrected chi connectivity index (χ1v) is 14.3. The maximum Gasteiger partial charge on any atom is 0.530 e. The van der Waals surface area contributed by atoms with E-state index < -0.39 is 8.60 Å². The summed E-state index contributed by atoms with van der Waals surface area (Å²) in [5.41, 5.74) is 18.2. The average Bonchev–Trinajstić information content (AvgIpc) is 2.88. The molecule has 0 N–H and O–H groups in total. The molecule has 0 saturated heterocycles. The zero-order valence-corrected chi connectivity index (χ0v) is 26.6. The molecule has 0 saturated carbocycles. The van der Waals surface area contributed by atoms with Gasteiger partial charge < -0.3 is 13.6 Å². The molecule has 0 aromatic heterocycles. The Hall–Kier alpha value is -2.51. The molecule has 0 fully saturated rings. The predicted octanol–water partition coefficient (Wildman–Crippen LogP) is 10.1. The maximum atomic E-state index is 6.76. The van der Waals surface area contributed by atoms with Crippen LogP contribution in [-0.4, -0.2) is 0 Å². The quantitative estimate of drug-likeness (QED) is 0.303. The zero-order chi connectivity index (χ0) is 28.1. The van der Waals surface area contributed by atoms with Crippen LogP contribution in [-0.2, 0) is 0 Å². The van der Waals surface area contributed by atoms with Crippen LogP contribution < -0.4 is 13.6 Å². The highest BCUT2D eigenvalue weighted by Crippen LogP contribution is 2.50. The summed E-state index contributed by atoms with van der Waals surface area (Å²) < 4.78 is 20.3. The van der Waals surface area contributed by atoms with Crippen LogP contribution in [0.5, 0.6) is 17.2 Å². The summed E-state index contributed by atoms with van der Waals surface area (Å²) in [6, 6.07) is 0. The Bertz CT molecular complexity index is 1140. The van der Waals surface area contributed by atoms with E-state index >= 15 is 0 Å². The van der Waals surface area contributed by atoms with Gasteiger partial charge in [0.1, 0.15) is 17.2 Å². The second kappa shape index (κ2) is 10.7. The van der Waals surface area contributed by atoms with E-state index in [0.29, 0.717) is 0 Å². The first kappa shape index (κ1) is 29.1. The average molecular weight is 521 g/mol. The third-order valence-corrected chi connectivity index (χ3v) is 10.3. The highest BCUT2D eigenvalue weighted by atomic mass is 31.2. The van der Waals surface area contributed by atoms with Crippen molar-refractivity contribution in [2.75, 3.05) is 0 Å². The molecule has 0 heterocycles. The molecule has 37 heavy (non-hydrogen) atoms. The molecule has 3 aromatic rings. The Morgan fingerprint density at radius 3 is 0.541 bits per heavy atom. The summed E-state index contributed by atoms with van der Waals surface area (Å²) in [7, 11) is -1.79. The van der Waals surface area contributed by atoms with E-state index in [0.717, 1.165) is 50.6 Å². The van der Waals surface area contributed by atoms with Crippen molar-refractivity contribution in [3.05, 3.63) is 83.5 Å². The standard InChI is InChI=1S/C33H45O3P/c1-16-19(4)25(10)31(26(11)20(16)5)34-37(35-32-27(12)21(6)17(2)22(7)28(32)13)36-33-29(14)23(8)18(3)24(9)30(33)15/h1-15H3. The minimum absolute atomic E-state index is 0.860. The Balaban J connectivity index is 2.22. The molecule has 0 aliphatic rings. The maximum absolute atomic E-state index is 6.76. The van der Waals surface area contributed by atoms with Gasteiger partial charge in [-0.3, -0.25) is 0 Å². The summed E-state index contributed by atoms with van der Waals surface area (Å²) in [5, 5.41) is 0. The van der Waals surface area contributed by atoms with E-state index in [1.807, 2.05) is 0 Å². The predicted molar refractivity (Wildman–Crippen MR) is 159 cm³/mol. The highest BCUT2D eigenvalue weighted by molar-refractivity contribution is 7.43. The van der Waals surface area contributed by atoms with Crippen LogP contribution in [0.2, 0.25) is 0 Å². The SMILES string of the molecule is Cc1c(C)c(C)c(OP(Oc2c(C)c(C)c(C)c(C)c2C)Oc2c(C)c(C)c(C)c(C)c2C)c(C)c1C. The molecule has 0 atom stereocenters. The summed E-state index contributed by atoms with van der Waals surface area (Å²) in [6.45, 7) is 32.3. The van der Waals surface area contributed by atoms with Crippen LogP contribution >= 0.6 is 8.60 Å². The van der Waals surface area contributed by atoms with E-state index in [2.05, 4.69) is 104 Å². The lowest BCUT2D eigenvalue weighted by molar-refractivity contribution is 0.380. The van der Waals surface area contributed by atoms with E-state index in [4.69, 9.17) is 13.6 Å². The van der Waals surface area contributed by atoms with Gasteiger partial charge in [0, 0.05) is 0 Å². The molecule has 0 spiro atoms. The smallest absolute Gasteiger partial charge is 0.408 e. The third kappa shape index (κ3) is 5.00. The molecule has 4 heteroatoms. The molecule has 3 nitrogen and oxygen atoms in total. The fourth-order valence-corrected chi connectivity index (χ4v) is 6.47. The first-order chi connectivity index (χ1) is 17.1. The van der Waals surface area contributed by atoms with Crippen LogP contribution in [0.4, 0.5) is 0 Å². The Labute approximate surface area is 226 Å². The topological polar surface area (TPSA) is 27.7 Å². The van der Waals surface area contributed by atoms with Crippen LogP contribution in [0.15, 0.2) is 0 Å². The van der Waals surface area contributed by atoms with Gasteiger partial charge in [0.05, 0.1) is 0 Å². The molecule has 0 radical (unpaired) electrons. The minimum atomic E-state index is -1.79. The minimum Gasteiger partial charge on any atom is -0.408 e. The number of rotatable bonds is 6. The lowest BCUT2D eigenvalue weighted by Gasteiger charge is -2.27. The van der Waals surface area contributed by atoms with Gasteiger partial charge in [0.25, 0.3) is 0 Å². The van der Waals surface area contributed by atoms with Crippen LogP contribution in [0.25, 0.3) is 0 Å². The highest BCUT2D eigenvalue weighted by Gasteiger charge is 2.28. The molecule has 0 aliphatic carbocycles. The molecule has 3 rings (SSSR count). The molecule has 0 unspecified atom stereocenters. The summed E-state index contributed by atoms with van der Waals surface area (Å²) in [4.78, 5) is 0. The molecule has 0 bridgehead atoms. The van der Waals surface area contributed by atoms with Gasteiger partial charge in [-0.2, -0.15) is 0 Å². The Morgan fingerprint density at radius 1 is 0.243 bits per heavy atom. The van der Waals surface area contributed by atoms with Crippen molar-refractivity contribution in [1.29, 1.82) is 0 Å². The third-order valence-electron chi connectivity index (χ3n) is 9.29. The van der Waals surface area contributed by atoms with Gasteiger partial charge in [-0.15, -0.1) is 0 Å². The Kier molecular flexibility index (Phi) is 8.40. The molecule has 0 aliphatic heterocycles. The Morgan fingerprint density at radius 2 is 0.378 bits per heavy atom. The zero-order valence-electron chi connectivity index (χ0n) is 25.7. The van der Waals surface area contributed by atoms with Crippen molar-refractivity contribution < 1.29 is 13.6 Å². The molecule has 200 valence electrons. The summed E-state index contributed by atoms with van der Waals surface area (Å²) in [5.74, 6) is 2.58. The normalized spacial score (nSPS) is 11.4. The van der Waals surface area contributed by atoms with Gasteiger partial charge in [-0.1, -0.05) is 0 Å². The van der Waals surface area contributed by atoms with Crippen molar-refractivity contribution in [2.45, 2.75) is 104 Å². The number of hydrogen-bond acceptors (Lipinski definition) is 3. The lowest BCUT2D eigenvalue weighted by atomic mass is 9.94. The summed E-state index contributed by atoms with van der Waals surface area (Å²) in [6.07, 6.45) is 0. The van der Waals surface area contributed by atoms with E-state index in [9.17, 15) is 0 Å². The van der Waals surface area contributed by atoms with Crippen molar-refractivity contribution >= 4 is 8.60 Å². The molecule has 0 amide bonds. The van der Waals surface area contributed by atoms with Crippen LogP contribution in [0, 0.1) is 104 Å². The van der Waals surface area contributed by atoms with Crippen molar-refractivity contribution in [3.8, 4) is 17.2 Å². The van der Waals surface area contributed by atoms with Crippen LogP contribution in [0.1, 0.15) is 83.5 Å². The number of benzene rings is 3. The monoisotopic (exact) mass is 520 g/mol. The van der Waals surface area contributed by atoms with Crippen molar-refractivity contribution in [1.82, 2.24) is 0 Å². The largest absolute Gasteiger partial charge is 0.530 e. The summed E-state index contributed by atoms with van der Waals surface area (Å²) >= 11 is 0. The second-order valence-corrected chi connectivity index (χ2v) is 11.9. The number of hydrogen-bond donors (Lipinski definition) is 0. The van der Waals surface area contributed by atoms with Gasteiger partial charge >= 0.3 is 8.60 Å². The van der Waals surface area contributed by atoms with Crippen molar-refractivity contribution in [2.24, 2.45) is 0 Å². The van der Waals surface area contributed by atoms with Crippen LogP contribution in [0.3, 0.4) is 0 Å². The van der Waals surface area contributed by atoms with Gasteiger partial charge in [-0.05, 0) is 187 Å². The van der Waals surface area contributed by atoms with Gasteiger partial charge in [-0.25, -0.2) is 0 Å². The molecular weight excluding hydrogens is 475 g/mol. The van der Waals surface area contributed by atoms with E-state index in [1.165, 1.54) is 50.1 Å². The lowest BCUT2D eigenvalue weighted by Crippen LogP contribution is -2.10.